The van der Waals surface area contributed by atoms with Crippen LogP contribution >= 0.6 is 0 Å². The SMILES string of the molecule is Cc1cc(F)ccc1S(=O)(=O)N1CCC(N(C)S(C)(=O)=O)CC1. The lowest BCUT2D eigenvalue weighted by Crippen LogP contribution is -2.47. The molecule has 0 saturated carbocycles. The summed E-state index contributed by atoms with van der Waals surface area (Å²) < 4.78 is 64.2. The molecule has 1 aliphatic heterocycles. The summed E-state index contributed by atoms with van der Waals surface area (Å²) in [6, 6.07) is 3.39. The van der Waals surface area contributed by atoms with E-state index in [1.165, 1.54) is 27.8 Å². The van der Waals surface area contributed by atoms with Gasteiger partial charge in [-0.2, -0.15) is 4.31 Å². The minimum absolute atomic E-state index is 0.0915. The van der Waals surface area contributed by atoms with Crippen molar-refractivity contribution in [1.29, 1.82) is 0 Å². The smallest absolute Gasteiger partial charge is 0.213 e. The highest BCUT2D eigenvalue weighted by Crippen LogP contribution is 2.25. The molecule has 1 aromatic rings. The van der Waals surface area contributed by atoms with Crippen LogP contribution in [0.3, 0.4) is 0 Å². The Bertz CT molecular complexity index is 785. The molecule has 0 N–H and O–H groups in total. The van der Waals surface area contributed by atoms with Gasteiger partial charge in [0.15, 0.2) is 0 Å². The molecule has 0 atom stereocenters. The Morgan fingerprint density at radius 3 is 2.22 bits per heavy atom. The highest BCUT2D eigenvalue weighted by Gasteiger charge is 2.33. The molecule has 1 aromatic carbocycles. The monoisotopic (exact) mass is 364 g/mol. The molecule has 0 aliphatic carbocycles. The highest BCUT2D eigenvalue weighted by molar-refractivity contribution is 7.89. The van der Waals surface area contributed by atoms with Crippen LogP contribution < -0.4 is 0 Å². The maximum atomic E-state index is 13.2. The van der Waals surface area contributed by atoms with Gasteiger partial charge in [-0.25, -0.2) is 25.5 Å². The summed E-state index contributed by atoms with van der Waals surface area (Å²) in [7, 11) is -5.48. The van der Waals surface area contributed by atoms with Crippen molar-refractivity contribution in [3.8, 4) is 0 Å². The van der Waals surface area contributed by atoms with Gasteiger partial charge >= 0.3 is 0 Å². The molecular formula is C14H21FN2O4S2. The largest absolute Gasteiger partial charge is 0.243 e. The molecule has 0 aromatic heterocycles. The fraction of sp³-hybridized carbons (Fsp3) is 0.571. The summed E-state index contributed by atoms with van der Waals surface area (Å²) >= 11 is 0. The summed E-state index contributed by atoms with van der Waals surface area (Å²) in [6.45, 7) is 2.04. The van der Waals surface area contributed by atoms with Gasteiger partial charge < -0.3 is 0 Å². The van der Waals surface area contributed by atoms with Crippen LogP contribution in [0.2, 0.25) is 0 Å². The van der Waals surface area contributed by atoms with Crippen molar-refractivity contribution in [2.75, 3.05) is 26.4 Å². The molecule has 6 nitrogen and oxygen atoms in total. The molecule has 0 amide bonds. The molecule has 23 heavy (non-hydrogen) atoms. The van der Waals surface area contributed by atoms with Gasteiger partial charge in [-0.15, -0.1) is 0 Å². The quantitative estimate of drug-likeness (QED) is 0.804. The first-order valence-electron chi connectivity index (χ1n) is 7.23. The first kappa shape index (κ1) is 18.3. The van der Waals surface area contributed by atoms with Gasteiger partial charge in [-0.05, 0) is 43.5 Å². The fourth-order valence-corrected chi connectivity index (χ4v) is 5.19. The minimum atomic E-state index is -3.70. The number of piperidine rings is 1. The third kappa shape index (κ3) is 3.90. The van der Waals surface area contributed by atoms with Crippen molar-refractivity contribution in [3.63, 3.8) is 0 Å². The van der Waals surface area contributed by atoms with Gasteiger partial charge in [0.1, 0.15) is 5.82 Å². The normalized spacial score (nSPS) is 18.5. The Labute approximate surface area is 137 Å². The highest BCUT2D eigenvalue weighted by atomic mass is 32.2. The van der Waals surface area contributed by atoms with E-state index < -0.39 is 25.9 Å². The number of rotatable bonds is 4. The Kier molecular flexibility index (Phi) is 5.15. The molecule has 0 unspecified atom stereocenters. The van der Waals surface area contributed by atoms with E-state index in [1.807, 2.05) is 0 Å². The second-order valence-electron chi connectivity index (χ2n) is 5.82. The van der Waals surface area contributed by atoms with E-state index in [1.54, 1.807) is 6.92 Å². The first-order chi connectivity index (χ1) is 10.5. The molecule has 0 bridgehead atoms. The topological polar surface area (TPSA) is 74.8 Å². The lowest BCUT2D eigenvalue weighted by Gasteiger charge is -2.35. The molecule has 0 spiro atoms. The number of hydrogen-bond acceptors (Lipinski definition) is 4. The third-order valence-corrected chi connectivity index (χ3v) is 7.62. The molecule has 1 saturated heterocycles. The molecule has 2 rings (SSSR count). The lowest BCUT2D eigenvalue weighted by molar-refractivity contribution is 0.239. The zero-order valence-corrected chi connectivity index (χ0v) is 15.0. The first-order valence-corrected chi connectivity index (χ1v) is 10.5. The van der Waals surface area contributed by atoms with Crippen LogP contribution in [0.15, 0.2) is 23.1 Å². The van der Waals surface area contributed by atoms with Crippen LogP contribution in [-0.4, -0.2) is 57.9 Å². The van der Waals surface area contributed by atoms with Crippen LogP contribution in [-0.2, 0) is 20.0 Å². The Morgan fingerprint density at radius 1 is 1.17 bits per heavy atom. The van der Waals surface area contributed by atoms with Crippen LogP contribution in [0.1, 0.15) is 18.4 Å². The fourth-order valence-electron chi connectivity index (χ4n) is 2.76. The van der Waals surface area contributed by atoms with E-state index in [-0.39, 0.29) is 24.0 Å². The molecule has 130 valence electrons. The number of nitrogens with zero attached hydrogens (tertiary/aromatic N) is 2. The maximum Gasteiger partial charge on any atom is 0.243 e. The van der Waals surface area contributed by atoms with E-state index in [4.69, 9.17) is 0 Å². The molecule has 1 heterocycles. The Hall–Kier alpha value is -1.03. The number of benzene rings is 1. The van der Waals surface area contributed by atoms with E-state index >= 15 is 0 Å². The summed E-state index contributed by atoms with van der Waals surface area (Å²) in [6.07, 6.45) is 2.00. The van der Waals surface area contributed by atoms with Crippen molar-refractivity contribution in [2.24, 2.45) is 0 Å². The van der Waals surface area contributed by atoms with Crippen molar-refractivity contribution in [3.05, 3.63) is 29.6 Å². The number of hydrogen-bond donors (Lipinski definition) is 0. The summed E-state index contributed by atoms with van der Waals surface area (Å²) in [5.41, 5.74) is 0.361. The van der Waals surface area contributed by atoms with Crippen molar-refractivity contribution in [1.82, 2.24) is 8.61 Å². The third-order valence-electron chi connectivity index (χ3n) is 4.22. The zero-order chi connectivity index (χ0) is 17.4. The van der Waals surface area contributed by atoms with Gasteiger partial charge in [0, 0.05) is 26.2 Å². The second kappa shape index (κ2) is 6.46. The van der Waals surface area contributed by atoms with Crippen molar-refractivity contribution < 1.29 is 21.2 Å². The van der Waals surface area contributed by atoms with Gasteiger partial charge in [0.25, 0.3) is 0 Å². The summed E-state index contributed by atoms with van der Waals surface area (Å²) in [4.78, 5) is 0.0915. The predicted molar refractivity (Wildman–Crippen MR) is 85.5 cm³/mol. The average molecular weight is 364 g/mol. The maximum absolute atomic E-state index is 13.2. The van der Waals surface area contributed by atoms with Gasteiger partial charge in [-0.3, -0.25) is 0 Å². The van der Waals surface area contributed by atoms with Crippen LogP contribution in [0.25, 0.3) is 0 Å². The summed E-state index contributed by atoms with van der Waals surface area (Å²) in [5, 5.41) is 0. The van der Waals surface area contributed by atoms with Crippen molar-refractivity contribution >= 4 is 20.0 Å². The molecule has 0 radical (unpaired) electrons. The zero-order valence-electron chi connectivity index (χ0n) is 13.4. The Balaban J connectivity index is 2.16. The number of aryl methyl sites for hydroxylation is 1. The van der Waals surface area contributed by atoms with E-state index in [2.05, 4.69) is 0 Å². The average Bonchev–Trinajstić information content (AvgIpc) is 2.45. The molecule has 9 heteroatoms. The second-order valence-corrected chi connectivity index (χ2v) is 9.77. The molecular weight excluding hydrogens is 343 g/mol. The van der Waals surface area contributed by atoms with Gasteiger partial charge in [-0.1, -0.05) is 0 Å². The number of sulfonamides is 2. The molecule has 1 fully saturated rings. The predicted octanol–water partition coefficient (Wildman–Crippen LogP) is 1.18. The van der Waals surface area contributed by atoms with Gasteiger partial charge in [0.05, 0.1) is 11.2 Å². The van der Waals surface area contributed by atoms with Crippen molar-refractivity contribution in [2.45, 2.75) is 30.7 Å². The van der Waals surface area contributed by atoms with E-state index in [0.717, 1.165) is 12.3 Å². The lowest BCUT2D eigenvalue weighted by atomic mass is 10.1. The van der Waals surface area contributed by atoms with Crippen LogP contribution in [0, 0.1) is 12.7 Å². The van der Waals surface area contributed by atoms with E-state index in [0.29, 0.717) is 18.4 Å². The minimum Gasteiger partial charge on any atom is -0.213 e. The summed E-state index contributed by atoms with van der Waals surface area (Å²) in [5.74, 6) is -0.477. The van der Waals surface area contributed by atoms with E-state index in [9.17, 15) is 21.2 Å². The van der Waals surface area contributed by atoms with Gasteiger partial charge in [0.2, 0.25) is 20.0 Å². The standard InChI is InChI=1S/C14H21FN2O4S2/c1-11-10-12(15)4-5-14(11)23(20,21)17-8-6-13(7-9-17)16(2)22(3,18)19/h4-5,10,13H,6-9H2,1-3H3. The Morgan fingerprint density at radius 2 is 1.74 bits per heavy atom. The number of halogens is 1. The van der Waals surface area contributed by atoms with Crippen LogP contribution in [0.5, 0.6) is 0 Å². The molecule has 1 aliphatic rings. The van der Waals surface area contributed by atoms with Crippen LogP contribution in [0.4, 0.5) is 4.39 Å².